The van der Waals surface area contributed by atoms with E-state index in [0.29, 0.717) is 6.54 Å². The van der Waals surface area contributed by atoms with Crippen molar-refractivity contribution in [3.05, 3.63) is 30.1 Å². The fraction of sp³-hybridized carbons (Fsp3) is 0.462. The minimum Gasteiger partial charge on any atom is -0.478 e. The van der Waals surface area contributed by atoms with Crippen LogP contribution in [0.5, 0.6) is 5.75 Å². The Bertz CT molecular complexity index is 404. The summed E-state index contributed by atoms with van der Waals surface area (Å²) in [6, 6.07) is 6.20. The molecule has 0 heterocycles. The van der Waals surface area contributed by atoms with E-state index in [-0.39, 0.29) is 30.1 Å². The summed E-state index contributed by atoms with van der Waals surface area (Å²) in [4.78, 5) is 11.7. The van der Waals surface area contributed by atoms with E-state index in [1.807, 2.05) is 14.0 Å². The number of likely N-dealkylation sites (N-methyl/N-ethyl adjacent to an activating group) is 1. The van der Waals surface area contributed by atoms with Crippen LogP contribution in [0.1, 0.15) is 13.8 Å². The maximum absolute atomic E-state index is 13.3. The lowest BCUT2D eigenvalue weighted by molar-refractivity contribution is -0.127. The van der Waals surface area contributed by atoms with Gasteiger partial charge in [0.25, 0.3) is 5.91 Å². The summed E-state index contributed by atoms with van der Waals surface area (Å²) >= 11 is 0. The highest BCUT2D eigenvalue weighted by Crippen LogP contribution is 2.16. The van der Waals surface area contributed by atoms with Crippen molar-refractivity contribution in [3.8, 4) is 5.75 Å². The molecule has 19 heavy (non-hydrogen) atoms. The lowest BCUT2D eigenvalue weighted by Gasteiger charge is -2.17. The van der Waals surface area contributed by atoms with Gasteiger partial charge in [-0.1, -0.05) is 12.1 Å². The van der Waals surface area contributed by atoms with Crippen LogP contribution >= 0.6 is 12.4 Å². The smallest absolute Gasteiger partial charge is 0.260 e. The number of para-hydroxylation sites is 1. The summed E-state index contributed by atoms with van der Waals surface area (Å²) in [5, 5.41) is 5.73. The fourth-order valence-corrected chi connectivity index (χ4v) is 1.28. The van der Waals surface area contributed by atoms with E-state index in [1.54, 1.807) is 19.1 Å². The molecule has 0 aliphatic carbocycles. The number of halogens is 2. The van der Waals surface area contributed by atoms with Crippen molar-refractivity contribution >= 4 is 18.3 Å². The number of ether oxygens (including phenoxy) is 1. The van der Waals surface area contributed by atoms with Crippen LogP contribution in [-0.2, 0) is 4.79 Å². The van der Waals surface area contributed by atoms with Gasteiger partial charge in [0.15, 0.2) is 17.7 Å². The summed E-state index contributed by atoms with van der Waals surface area (Å²) in [6.45, 7) is 4.04. The predicted octanol–water partition coefficient (Wildman–Crippen LogP) is 1.74. The number of rotatable bonds is 6. The second kappa shape index (κ2) is 8.72. The zero-order chi connectivity index (χ0) is 13.5. The summed E-state index contributed by atoms with van der Waals surface area (Å²) in [7, 11) is 1.82. The van der Waals surface area contributed by atoms with Crippen molar-refractivity contribution in [2.24, 2.45) is 0 Å². The topological polar surface area (TPSA) is 50.4 Å². The Balaban J connectivity index is 0.00000324. The summed E-state index contributed by atoms with van der Waals surface area (Å²) in [5.74, 6) is -0.650. The molecule has 1 aromatic rings. The largest absolute Gasteiger partial charge is 0.478 e. The molecule has 0 spiro atoms. The number of nitrogens with one attached hydrogen (secondary N) is 2. The lowest BCUT2D eigenvalue weighted by atomic mass is 10.3. The molecule has 2 N–H and O–H groups in total. The zero-order valence-corrected chi connectivity index (χ0v) is 12.1. The van der Waals surface area contributed by atoms with Gasteiger partial charge in [0.2, 0.25) is 0 Å². The minimum absolute atomic E-state index is 0. The second-order valence-electron chi connectivity index (χ2n) is 4.13. The van der Waals surface area contributed by atoms with Crippen LogP contribution < -0.4 is 15.4 Å². The van der Waals surface area contributed by atoms with Gasteiger partial charge in [0, 0.05) is 12.6 Å². The number of hydrogen-bond donors (Lipinski definition) is 2. The average molecular weight is 291 g/mol. The Labute approximate surface area is 119 Å². The van der Waals surface area contributed by atoms with Crippen molar-refractivity contribution in [2.75, 3.05) is 13.6 Å². The van der Waals surface area contributed by atoms with Crippen LogP contribution in [-0.4, -0.2) is 31.6 Å². The molecule has 2 atom stereocenters. The standard InChI is InChI=1S/C13H19FN2O2.ClH/c1-9(15-3)8-16-13(17)10(2)18-12-7-5-4-6-11(12)14;/h4-7,9-10,15H,8H2,1-3H3,(H,16,17);1H. The summed E-state index contributed by atoms with van der Waals surface area (Å²) in [6.07, 6.45) is -0.731. The maximum Gasteiger partial charge on any atom is 0.260 e. The van der Waals surface area contributed by atoms with E-state index in [9.17, 15) is 9.18 Å². The SMILES string of the molecule is CNC(C)CNC(=O)C(C)Oc1ccccc1F.Cl. The monoisotopic (exact) mass is 290 g/mol. The quantitative estimate of drug-likeness (QED) is 0.839. The Morgan fingerprint density at radius 2 is 2.00 bits per heavy atom. The highest BCUT2D eigenvalue weighted by atomic mass is 35.5. The third-order valence-corrected chi connectivity index (χ3v) is 2.58. The normalized spacial score (nSPS) is 13.1. The first-order valence-electron chi connectivity index (χ1n) is 5.90. The Morgan fingerprint density at radius 3 is 2.58 bits per heavy atom. The van der Waals surface area contributed by atoms with Gasteiger partial charge in [-0.25, -0.2) is 4.39 Å². The van der Waals surface area contributed by atoms with Crippen molar-refractivity contribution in [2.45, 2.75) is 26.0 Å². The van der Waals surface area contributed by atoms with Gasteiger partial charge < -0.3 is 15.4 Å². The third kappa shape index (κ3) is 5.89. The molecule has 0 saturated carbocycles. The van der Waals surface area contributed by atoms with Crippen molar-refractivity contribution in [1.82, 2.24) is 10.6 Å². The number of benzene rings is 1. The number of carbonyl (C=O) groups excluding carboxylic acids is 1. The second-order valence-corrected chi connectivity index (χ2v) is 4.13. The van der Waals surface area contributed by atoms with Crippen LogP contribution in [0.25, 0.3) is 0 Å². The lowest BCUT2D eigenvalue weighted by Crippen LogP contribution is -2.42. The summed E-state index contributed by atoms with van der Waals surface area (Å²) < 4.78 is 18.6. The van der Waals surface area contributed by atoms with Crippen LogP contribution in [0.2, 0.25) is 0 Å². The van der Waals surface area contributed by atoms with Crippen LogP contribution in [0.15, 0.2) is 24.3 Å². The van der Waals surface area contributed by atoms with Crippen molar-refractivity contribution in [3.63, 3.8) is 0 Å². The molecule has 2 unspecified atom stereocenters. The number of amides is 1. The first-order valence-corrected chi connectivity index (χ1v) is 5.90. The van der Waals surface area contributed by atoms with E-state index in [0.717, 1.165) is 0 Å². The van der Waals surface area contributed by atoms with Gasteiger partial charge in [-0.2, -0.15) is 0 Å². The van der Waals surface area contributed by atoms with Gasteiger partial charge in [0.05, 0.1) is 0 Å². The van der Waals surface area contributed by atoms with Crippen LogP contribution in [0.4, 0.5) is 4.39 Å². The van der Waals surface area contributed by atoms with Gasteiger partial charge in [-0.05, 0) is 33.0 Å². The number of carbonyl (C=O) groups is 1. The van der Waals surface area contributed by atoms with E-state index in [4.69, 9.17) is 4.74 Å². The fourth-order valence-electron chi connectivity index (χ4n) is 1.28. The Hall–Kier alpha value is -1.33. The van der Waals surface area contributed by atoms with E-state index in [2.05, 4.69) is 10.6 Å². The molecule has 0 aliphatic rings. The molecule has 0 bridgehead atoms. The molecule has 1 amide bonds. The number of hydrogen-bond acceptors (Lipinski definition) is 3. The average Bonchev–Trinajstić information content (AvgIpc) is 2.38. The first-order chi connectivity index (χ1) is 8.54. The van der Waals surface area contributed by atoms with E-state index in [1.165, 1.54) is 12.1 Å². The molecule has 108 valence electrons. The van der Waals surface area contributed by atoms with Crippen molar-refractivity contribution < 1.29 is 13.9 Å². The molecular formula is C13H20ClFN2O2. The third-order valence-electron chi connectivity index (χ3n) is 2.58. The molecular weight excluding hydrogens is 271 g/mol. The molecule has 0 fully saturated rings. The van der Waals surface area contributed by atoms with Gasteiger partial charge >= 0.3 is 0 Å². The predicted molar refractivity (Wildman–Crippen MR) is 75.3 cm³/mol. The molecule has 0 aromatic heterocycles. The van der Waals surface area contributed by atoms with Crippen LogP contribution in [0, 0.1) is 5.82 Å². The van der Waals surface area contributed by atoms with Gasteiger partial charge in [0.1, 0.15) is 0 Å². The zero-order valence-electron chi connectivity index (χ0n) is 11.3. The maximum atomic E-state index is 13.3. The van der Waals surface area contributed by atoms with E-state index >= 15 is 0 Å². The Morgan fingerprint density at radius 1 is 1.37 bits per heavy atom. The molecule has 0 aliphatic heterocycles. The minimum atomic E-state index is -0.731. The molecule has 0 radical (unpaired) electrons. The highest BCUT2D eigenvalue weighted by Gasteiger charge is 2.16. The summed E-state index contributed by atoms with van der Waals surface area (Å²) in [5.41, 5.74) is 0. The molecule has 0 saturated heterocycles. The highest BCUT2D eigenvalue weighted by molar-refractivity contribution is 5.85. The molecule has 1 rings (SSSR count). The van der Waals surface area contributed by atoms with Gasteiger partial charge in [-0.3, -0.25) is 4.79 Å². The van der Waals surface area contributed by atoms with Gasteiger partial charge in [-0.15, -0.1) is 12.4 Å². The molecule has 6 heteroatoms. The first kappa shape index (κ1) is 17.7. The molecule has 4 nitrogen and oxygen atoms in total. The molecule has 1 aromatic carbocycles. The van der Waals surface area contributed by atoms with Crippen molar-refractivity contribution in [1.29, 1.82) is 0 Å². The van der Waals surface area contributed by atoms with Crippen LogP contribution in [0.3, 0.4) is 0 Å². The van der Waals surface area contributed by atoms with E-state index < -0.39 is 11.9 Å². The Kier molecular flexibility index (Phi) is 8.11.